The molecule has 0 bridgehead atoms. The molecule has 0 saturated carbocycles. The van der Waals surface area contributed by atoms with Crippen molar-refractivity contribution in [1.29, 1.82) is 5.26 Å². The highest BCUT2D eigenvalue weighted by atomic mass is 16.2. The van der Waals surface area contributed by atoms with Crippen molar-refractivity contribution >= 4 is 12.2 Å². The smallest absolute Gasteiger partial charge is 0.240 e. The second-order valence-corrected chi connectivity index (χ2v) is 2.61. The summed E-state index contributed by atoms with van der Waals surface area (Å²) < 4.78 is 1.51. The SMILES string of the molecule is N#CCNC(=O)Cn1cccc1C=O. The lowest BCUT2D eigenvalue weighted by Gasteiger charge is -2.03. The summed E-state index contributed by atoms with van der Waals surface area (Å²) in [5.74, 6) is -0.286. The van der Waals surface area contributed by atoms with Crippen molar-refractivity contribution in [2.75, 3.05) is 6.54 Å². The molecule has 0 unspecified atom stereocenters. The van der Waals surface area contributed by atoms with Gasteiger partial charge >= 0.3 is 0 Å². The van der Waals surface area contributed by atoms with E-state index in [9.17, 15) is 9.59 Å². The lowest BCUT2D eigenvalue weighted by Crippen LogP contribution is -2.28. The Labute approximate surface area is 80.9 Å². The molecule has 14 heavy (non-hydrogen) atoms. The standard InChI is InChI=1S/C9H9N3O2/c10-3-4-11-9(14)6-12-5-1-2-8(12)7-13/h1-2,5,7H,4,6H2,(H,11,14). The van der Waals surface area contributed by atoms with Crippen molar-refractivity contribution in [3.05, 3.63) is 24.0 Å². The molecule has 0 aliphatic heterocycles. The van der Waals surface area contributed by atoms with Crippen molar-refractivity contribution in [3.63, 3.8) is 0 Å². The van der Waals surface area contributed by atoms with Crippen LogP contribution in [0, 0.1) is 11.3 Å². The van der Waals surface area contributed by atoms with Crippen LogP contribution in [0.5, 0.6) is 0 Å². The predicted molar refractivity (Wildman–Crippen MR) is 48.4 cm³/mol. The zero-order chi connectivity index (χ0) is 10.4. The summed E-state index contributed by atoms with van der Waals surface area (Å²) in [5.41, 5.74) is 0.442. The minimum Gasteiger partial charge on any atom is -0.341 e. The van der Waals surface area contributed by atoms with E-state index in [-0.39, 0.29) is 19.0 Å². The molecule has 0 aliphatic rings. The quantitative estimate of drug-likeness (QED) is 0.535. The fourth-order valence-corrected chi connectivity index (χ4v) is 1.03. The number of hydrogen-bond acceptors (Lipinski definition) is 3. The number of carbonyl (C=O) groups is 2. The first-order valence-corrected chi connectivity index (χ1v) is 4.02. The van der Waals surface area contributed by atoms with Gasteiger partial charge in [-0.05, 0) is 12.1 Å². The van der Waals surface area contributed by atoms with E-state index < -0.39 is 0 Å². The number of hydrogen-bond donors (Lipinski definition) is 1. The molecule has 5 nitrogen and oxygen atoms in total. The molecule has 1 heterocycles. The molecule has 1 amide bonds. The van der Waals surface area contributed by atoms with Crippen molar-refractivity contribution in [1.82, 2.24) is 9.88 Å². The van der Waals surface area contributed by atoms with Gasteiger partial charge in [-0.2, -0.15) is 5.26 Å². The fourth-order valence-electron chi connectivity index (χ4n) is 1.03. The fraction of sp³-hybridized carbons (Fsp3) is 0.222. The van der Waals surface area contributed by atoms with Gasteiger partial charge in [0.05, 0.1) is 11.8 Å². The Bertz CT molecular complexity index is 376. The number of nitriles is 1. The van der Waals surface area contributed by atoms with Crippen LogP contribution in [0.15, 0.2) is 18.3 Å². The summed E-state index contributed by atoms with van der Waals surface area (Å²) >= 11 is 0. The lowest BCUT2D eigenvalue weighted by atomic mass is 10.4. The van der Waals surface area contributed by atoms with E-state index in [0.717, 1.165) is 0 Å². The number of aldehydes is 1. The third-order valence-corrected chi connectivity index (χ3v) is 1.66. The van der Waals surface area contributed by atoms with Gasteiger partial charge < -0.3 is 9.88 Å². The van der Waals surface area contributed by atoms with Crippen molar-refractivity contribution in [2.24, 2.45) is 0 Å². The van der Waals surface area contributed by atoms with Crippen LogP contribution in [0.25, 0.3) is 0 Å². The summed E-state index contributed by atoms with van der Waals surface area (Å²) in [7, 11) is 0. The molecule has 0 aromatic carbocycles. The van der Waals surface area contributed by atoms with Gasteiger partial charge in [0, 0.05) is 6.20 Å². The van der Waals surface area contributed by atoms with Crippen molar-refractivity contribution < 1.29 is 9.59 Å². The highest BCUT2D eigenvalue weighted by molar-refractivity contribution is 5.78. The van der Waals surface area contributed by atoms with Gasteiger partial charge in [-0.15, -0.1) is 0 Å². The second-order valence-electron chi connectivity index (χ2n) is 2.61. The molecule has 0 fully saturated rings. The number of nitrogens with one attached hydrogen (secondary N) is 1. The number of amides is 1. The monoisotopic (exact) mass is 191 g/mol. The third kappa shape index (κ3) is 2.45. The van der Waals surface area contributed by atoms with Crippen LogP contribution in [0.4, 0.5) is 0 Å². The van der Waals surface area contributed by atoms with E-state index >= 15 is 0 Å². The highest BCUT2D eigenvalue weighted by Gasteiger charge is 2.04. The number of nitrogens with zero attached hydrogens (tertiary/aromatic N) is 2. The molecule has 0 aliphatic carbocycles. The molecule has 0 atom stereocenters. The summed E-state index contributed by atoms with van der Waals surface area (Å²) in [5, 5.41) is 10.6. The molecular weight excluding hydrogens is 182 g/mol. The highest BCUT2D eigenvalue weighted by Crippen LogP contribution is 1.98. The van der Waals surface area contributed by atoms with Crippen molar-refractivity contribution in [3.8, 4) is 6.07 Å². The maximum Gasteiger partial charge on any atom is 0.240 e. The van der Waals surface area contributed by atoms with E-state index in [4.69, 9.17) is 5.26 Å². The summed E-state index contributed by atoms with van der Waals surface area (Å²) in [6.45, 7) is 0.0410. The Morgan fingerprint density at radius 3 is 3.14 bits per heavy atom. The van der Waals surface area contributed by atoms with Crippen LogP contribution in [-0.4, -0.2) is 23.3 Å². The number of rotatable bonds is 4. The van der Waals surface area contributed by atoms with E-state index in [1.807, 2.05) is 0 Å². The molecule has 0 saturated heterocycles. The molecule has 5 heteroatoms. The molecule has 1 rings (SSSR count). The first kappa shape index (κ1) is 9.99. The van der Waals surface area contributed by atoms with Crippen LogP contribution in [0.2, 0.25) is 0 Å². The third-order valence-electron chi connectivity index (χ3n) is 1.66. The molecule has 0 spiro atoms. The molecule has 1 N–H and O–H groups in total. The molecule has 1 aromatic heterocycles. The number of carbonyl (C=O) groups excluding carboxylic acids is 2. The zero-order valence-electron chi connectivity index (χ0n) is 7.43. The zero-order valence-corrected chi connectivity index (χ0v) is 7.43. The van der Waals surface area contributed by atoms with Gasteiger partial charge in [0.25, 0.3) is 0 Å². The van der Waals surface area contributed by atoms with Crippen LogP contribution in [0.3, 0.4) is 0 Å². The van der Waals surface area contributed by atoms with Crippen LogP contribution in [-0.2, 0) is 11.3 Å². The van der Waals surface area contributed by atoms with Crippen LogP contribution < -0.4 is 5.32 Å². The average molecular weight is 191 g/mol. The topological polar surface area (TPSA) is 74.9 Å². The van der Waals surface area contributed by atoms with E-state index in [1.165, 1.54) is 4.57 Å². The molecule has 1 aromatic rings. The van der Waals surface area contributed by atoms with Gasteiger partial charge in [-0.25, -0.2) is 0 Å². The van der Waals surface area contributed by atoms with E-state index in [2.05, 4.69) is 5.32 Å². The Kier molecular flexibility index (Phi) is 3.44. The Balaban J connectivity index is 2.56. The van der Waals surface area contributed by atoms with Crippen LogP contribution >= 0.6 is 0 Å². The first-order chi connectivity index (χ1) is 6.77. The maximum atomic E-state index is 11.1. The summed E-state index contributed by atoms with van der Waals surface area (Å²) in [4.78, 5) is 21.6. The van der Waals surface area contributed by atoms with Gasteiger partial charge in [0.2, 0.25) is 5.91 Å². The van der Waals surface area contributed by atoms with E-state index in [1.54, 1.807) is 24.4 Å². The Morgan fingerprint density at radius 1 is 1.71 bits per heavy atom. The van der Waals surface area contributed by atoms with E-state index in [0.29, 0.717) is 12.0 Å². The minimum atomic E-state index is -0.286. The van der Waals surface area contributed by atoms with Gasteiger partial charge in [-0.3, -0.25) is 9.59 Å². The molecule has 72 valence electrons. The number of aromatic nitrogens is 1. The minimum absolute atomic E-state index is 0.0173. The maximum absolute atomic E-state index is 11.1. The van der Waals surface area contributed by atoms with Gasteiger partial charge in [0.15, 0.2) is 6.29 Å². The average Bonchev–Trinajstić information content (AvgIpc) is 2.62. The summed E-state index contributed by atoms with van der Waals surface area (Å²) in [6.07, 6.45) is 2.31. The Morgan fingerprint density at radius 2 is 2.50 bits per heavy atom. The first-order valence-electron chi connectivity index (χ1n) is 4.02. The van der Waals surface area contributed by atoms with Crippen molar-refractivity contribution in [2.45, 2.75) is 6.54 Å². The summed E-state index contributed by atoms with van der Waals surface area (Å²) in [6, 6.07) is 5.09. The predicted octanol–water partition coefficient (Wildman–Crippen LogP) is -0.0596. The molecule has 0 radical (unpaired) electrons. The second kappa shape index (κ2) is 4.82. The normalized spacial score (nSPS) is 9.07. The van der Waals surface area contributed by atoms with Crippen LogP contribution in [0.1, 0.15) is 10.5 Å². The lowest BCUT2D eigenvalue weighted by molar-refractivity contribution is -0.121. The van der Waals surface area contributed by atoms with Gasteiger partial charge in [0.1, 0.15) is 13.1 Å². The molecular formula is C9H9N3O2. The Hall–Kier alpha value is -2.09. The largest absolute Gasteiger partial charge is 0.341 e. The van der Waals surface area contributed by atoms with Gasteiger partial charge in [-0.1, -0.05) is 0 Å².